The number of carbonyl (C=O) groups excluding carboxylic acids is 4. The van der Waals surface area contributed by atoms with Gasteiger partial charge in [-0.05, 0) is 85.0 Å². The van der Waals surface area contributed by atoms with Crippen molar-refractivity contribution in [1.29, 1.82) is 5.26 Å². The van der Waals surface area contributed by atoms with Crippen molar-refractivity contribution in [3.8, 4) is 6.07 Å². The van der Waals surface area contributed by atoms with Crippen LogP contribution in [0.15, 0.2) is 23.3 Å². The minimum atomic E-state index is -0.702. The molecule has 0 aromatic heterocycles. The lowest BCUT2D eigenvalue weighted by Gasteiger charge is -2.69. The Morgan fingerprint density at radius 2 is 1.64 bits per heavy atom. The van der Waals surface area contributed by atoms with Crippen molar-refractivity contribution in [2.75, 3.05) is 13.1 Å². The molecule has 2 N–H and O–H groups in total. The lowest BCUT2D eigenvalue weighted by atomic mass is 9.34. The Labute approximate surface area is 264 Å². The third-order valence-corrected chi connectivity index (χ3v) is 13.4. The van der Waals surface area contributed by atoms with Crippen LogP contribution in [-0.2, 0) is 19.2 Å². The Morgan fingerprint density at radius 3 is 2.27 bits per heavy atom. The molecule has 0 heterocycles. The van der Waals surface area contributed by atoms with Crippen LogP contribution in [0.3, 0.4) is 0 Å². The normalized spacial score (nSPS) is 40.2. The van der Waals surface area contributed by atoms with Gasteiger partial charge < -0.3 is 10.6 Å². The van der Waals surface area contributed by atoms with Gasteiger partial charge in [0, 0.05) is 23.3 Å². The molecule has 5 rings (SSSR count). The molecule has 0 radical (unpaired) electrons. The van der Waals surface area contributed by atoms with E-state index in [1.807, 2.05) is 39.8 Å². The van der Waals surface area contributed by atoms with E-state index in [0.29, 0.717) is 25.3 Å². The molecule has 7 atom stereocenters. The molecule has 240 valence electrons. The number of carbonyl (C=O) groups is 4. The predicted molar refractivity (Wildman–Crippen MR) is 170 cm³/mol. The van der Waals surface area contributed by atoms with Crippen LogP contribution in [0.4, 0.5) is 0 Å². The highest BCUT2D eigenvalue weighted by molar-refractivity contribution is 6.04. The molecule has 5 aliphatic rings. The van der Waals surface area contributed by atoms with Gasteiger partial charge in [0.1, 0.15) is 6.07 Å². The number of hydrogen-bond donors (Lipinski definition) is 2. The van der Waals surface area contributed by atoms with Gasteiger partial charge in [0.15, 0.2) is 11.6 Å². The van der Waals surface area contributed by atoms with E-state index in [0.717, 1.165) is 37.7 Å². The highest BCUT2D eigenvalue weighted by Gasteiger charge is 2.70. The molecule has 7 heteroatoms. The quantitative estimate of drug-likeness (QED) is 0.394. The maximum absolute atomic E-state index is 14.6. The summed E-state index contributed by atoms with van der Waals surface area (Å²) in [5.41, 5.74) is -1.43. The van der Waals surface area contributed by atoms with Gasteiger partial charge in [-0.15, -0.1) is 0 Å². The van der Waals surface area contributed by atoms with Crippen LogP contribution >= 0.6 is 0 Å². The van der Waals surface area contributed by atoms with Crippen LogP contribution in [0.2, 0.25) is 0 Å². The summed E-state index contributed by atoms with van der Waals surface area (Å²) in [6.07, 6.45) is 9.26. The van der Waals surface area contributed by atoms with Crippen LogP contribution in [-0.4, -0.2) is 36.5 Å². The van der Waals surface area contributed by atoms with Gasteiger partial charge in [0.25, 0.3) is 0 Å². The lowest BCUT2D eigenvalue weighted by molar-refractivity contribution is -0.178. The number of allylic oxidation sites excluding steroid dienone is 4. The average molecular weight is 604 g/mol. The third-order valence-electron chi connectivity index (χ3n) is 13.4. The first-order valence-corrected chi connectivity index (χ1v) is 16.8. The molecular weight excluding hydrogens is 550 g/mol. The molecule has 0 saturated heterocycles. The number of amides is 2. The summed E-state index contributed by atoms with van der Waals surface area (Å²) in [6.45, 7) is 19.7. The molecule has 2 amide bonds. The molecular formula is C37H53N3O4. The van der Waals surface area contributed by atoms with E-state index in [2.05, 4.69) is 51.3 Å². The number of ketones is 2. The Bertz CT molecular complexity index is 1400. The van der Waals surface area contributed by atoms with Gasteiger partial charge >= 0.3 is 0 Å². The molecule has 0 spiro atoms. The second kappa shape index (κ2) is 10.4. The van der Waals surface area contributed by atoms with Crippen LogP contribution < -0.4 is 10.6 Å². The summed E-state index contributed by atoms with van der Waals surface area (Å²) in [5, 5.41) is 15.9. The second-order valence-electron chi connectivity index (χ2n) is 17.3. The van der Waals surface area contributed by atoms with Crippen molar-refractivity contribution in [2.45, 2.75) is 107 Å². The molecule has 3 saturated carbocycles. The Hall–Kier alpha value is -2.75. The van der Waals surface area contributed by atoms with Crippen molar-refractivity contribution in [1.82, 2.24) is 10.6 Å². The van der Waals surface area contributed by atoms with Gasteiger partial charge in [-0.2, -0.15) is 5.26 Å². The van der Waals surface area contributed by atoms with Crippen molar-refractivity contribution >= 4 is 23.4 Å². The first-order valence-electron chi connectivity index (χ1n) is 16.8. The molecule has 0 aliphatic heterocycles. The molecule has 44 heavy (non-hydrogen) atoms. The fourth-order valence-corrected chi connectivity index (χ4v) is 10.7. The van der Waals surface area contributed by atoms with Gasteiger partial charge in [-0.3, -0.25) is 19.2 Å². The molecule has 3 fully saturated rings. The summed E-state index contributed by atoms with van der Waals surface area (Å²) >= 11 is 0. The summed E-state index contributed by atoms with van der Waals surface area (Å²) in [6, 6.07) is 2.18. The maximum Gasteiger partial charge on any atom is 0.239 e. The number of rotatable bonds is 5. The number of nitrogens with zero attached hydrogens (tertiary/aromatic N) is 1. The van der Waals surface area contributed by atoms with Crippen molar-refractivity contribution < 1.29 is 19.2 Å². The SMILES string of the molecule is CC(C)CNC(=O)CNC(=O)[C@]12CCC(C)(C)CC1C1C(=O)C=C3[C@@]4(C)C=C(C#N)C(=O)C(C)(C)C4CC[C@@]3(C)[C@]1(C)CC2. The number of nitriles is 1. The molecule has 7 nitrogen and oxygen atoms in total. The van der Waals surface area contributed by atoms with Crippen molar-refractivity contribution in [3.05, 3.63) is 23.3 Å². The first-order chi connectivity index (χ1) is 20.3. The molecule has 0 aromatic carbocycles. The zero-order valence-corrected chi connectivity index (χ0v) is 28.4. The molecule has 0 bridgehead atoms. The van der Waals surface area contributed by atoms with Crippen LogP contribution in [0, 0.1) is 67.5 Å². The standard InChI is InChI=1S/C37H53N3O4/c1-22(2)20-39-28(42)21-40-31(44)37-14-12-32(3,4)18-24(37)29-25(41)16-27-34(7)17-23(19-38)30(43)33(5,6)26(34)10-11-35(27,8)36(29,9)13-15-37/h16-17,22,24,26,29H,10-15,18,20-21H2,1-9H3,(H,39,42)(H,40,44)/t24?,26?,29?,34-,35+,36+,37-/m0/s1. The zero-order valence-electron chi connectivity index (χ0n) is 28.4. The van der Waals surface area contributed by atoms with E-state index in [-0.39, 0.29) is 69.5 Å². The van der Waals surface area contributed by atoms with E-state index < -0.39 is 16.2 Å². The van der Waals surface area contributed by atoms with Gasteiger partial charge in [0.2, 0.25) is 11.8 Å². The Morgan fingerprint density at radius 1 is 0.977 bits per heavy atom. The summed E-state index contributed by atoms with van der Waals surface area (Å²) in [4.78, 5) is 54.7. The topological polar surface area (TPSA) is 116 Å². The highest BCUT2D eigenvalue weighted by Crippen LogP contribution is 2.74. The number of Topliss-reactive ketones (excluding diaryl/α,β-unsaturated/α-hetero) is 1. The molecule has 5 aliphatic carbocycles. The van der Waals surface area contributed by atoms with E-state index >= 15 is 0 Å². The minimum absolute atomic E-state index is 0.00390. The van der Waals surface area contributed by atoms with Gasteiger partial charge in [-0.25, -0.2) is 0 Å². The smallest absolute Gasteiger partial charge is 0.239 e. The van der Waals surface area contributed by atoms with Crippen LogP contribution in [0.1, 0.15) is 107 Å². The Balaban J connectivity index is 1.56. The average Bonchev–Trinajstić information content (AvgIpc) is 2.93. The maximum atomic E-state index is 14.6. The monoisotopic (exact) mass is 603 g/mol. The zero-order chi connectivity index (χ0) is 32.7. The summed E-state index contributed by atoms with van der Waals surface area (Å²) < 4.78 is 0. The second-order valence-corrected chi connectivity index (χ2v) is 17.3. The minimum Gasteiger partial charge on any atom is -0.354 e. The number of hydrogen-bond acceptors (Lipinski definition) is 5. The lowest BCUT2D eigenvalue weighted by Crippen LogP contribution is -2.66. The summed E-state index contributed by atoms with van der Waals surface area (Å²) in [5.74, 6) is -0.423. The fourth-order valence-electron chi connectivity index (χ4n) is 10.7. The van der Waals surface area contributed by atoms with Crippen LogP contribution in [0.5, 0.6) is 0 Å². The van der Waals surface area contributed by atoms with E-state index in [1.54, 1.807) is 0 Å². The van der Waals surface area contributed by atoms with Gasteiger partial charge in [-0.1, -0.05) is 74.0 Å². The highest BCUT2D eigenvalue weighted by atomic mass is 16.2. The number of nitrogens with one attached hydrogen (secondary N) is 2. The largest absolute Gasteiger partial charge is 0.354 e. The third kappa shape index (κ3) is 4.56. The fraction of sp³-hybridized carbons (Fsp3) is 0.757. The van der Waals surface area contributed by atoms with Gasteiger partial charge in [0.05, 0.1) is 17.5 Å². The first kappa shape index (κ1) is 32.6. The Kier molecular flexibility index (Phi) is 7.71. The van der Waals surface area contributed by atoms with Crippen molar-refractivity contribution in [3.63, 3.8) is 0 Å². The van der Waals surface area contributed by atoms with E-state index in [9.17, 15) is 24.4 Å². The van der Waals surface area contributed by atoms with E-state index in [1.165, 1.54) is 0 Å². The molecule has 3 unspecified atom stereocenters. The van der Waals surface area contributed by atoms with Crippen LogP contribution in [0.25, 0.3) is 0 Å². The number of fused-ring (bicyclic) bond motifs is 7. The van der Waals surface area contributed by atoms with E-state index in [4.69, 9.17) is 0 Å². The van der Waals surface area contributed by atoms with Crippen molar-refractivity contribution in [2.24, 2.45) is 56.2 Å². The molecule has 0 aromatic rings. The summed E-state index contributed by atoms with van der Waals surface area (Å²) in [7, 11) is 0. The predicted octanol–water partition coefficient (Wildman–Crippen LogP) is 6.09.